The van der Waals surface area contributed by atoms with Gasteiger partial charge in [0.15, 0.2) is 0 Å². The lowest BCUT2D eigenvalue weighted by Crippen LogP contribution is -2.04. The quantitative estimate of drug-likeness (QED) is 0.337. The van der Waals surface area contributed by atoms with Gasteiger partial charge in [-0.3, -0.25) is 9.78 Å². The topological polar surface area (TPSA) is 67.9 Å². The molecule has 1 saturated carbocycles. The van der Waals surface area contributed by atoms with Crippen LogP contribution in [0.25, 0.3) is 33.9 Å². The van der Waals surface area contributed by atoms with Gasteiger partial charge in [0.2, 0.25) is 0 Å². The number of nitrogens with zero attached hydrogens (tertiary/aromatic N) is 2. The molecule has 2 heterocycles. The number of esters is 1. The van der Waals surface area contributed by atoms with E-state index in [0.29, 0.717) is 0 Å². The summed E-state index contributed by atoms with van der Waals surface area (Å²) in [5.74, 6) is 1.34. The maximum Gasteiger partial charge on any atom is 0.302 e. The molecule has 1 aliphatic carbocycles. The molecular weight excluding hydrogens is 422 g/mol. The summed E-state index contributed by atoms with van der Waals surface area (Å²) in [5, 5.41) is 0. The molecule has 1 fully saturated rings. The van der Waals surface area contributed by atoms with Crippen molar-refractivity contribution in [1.29, 1.82) is 0 Å². The van der Waals surface area contributed by atoms with Crippen molar-refractivity contribution in [3.8, 4) is 33.9 Å². The Balaban J connectivity index is 0.000000499. The summed E-state index contributed by atoms with van der Waals surface area (Å²) in [6, 6.07) is 23.4. The zero-order valence-electron chi connectivity index (χ0n) is 19.8. The lowest BCUT2D eigenvalue weighted by molar-refractivity contribution is -0.137. The smallest absolute Gasteiger partial charge is 0.302 e. The lowest BCUT2D eigenvalue weighted by Gasteiger charge is -2.22. The number of aromatic amines is 1. The van der Waals surface area contributed by atoms with Crippen molar-refractivity contribution in [2.75, 3.05) is 7.11 Å². The van der Waals surface area contributed by atoms with Gasteiger partial charge in [0.05, 0.1) is 24.7 Å². The van der Waals surface area contributed by atoms with Crippen LogP contribution in [-0.2, 0) is 9.53 Å². The molecule has 0 amide bonds. The molecule has 0 atom stereocenters. The number of ether oxygens (including phenoxy) is 1. The SMILES string of the molecule is COC(C)=O.c1ccc(-c2cnc(-c3ccc(-c4ccc(C5CCCCC5)cc4)nc3)[nH]2)cc1. The second-order valence-electron chi connectivity index (χ2n) is 8.60. The number of hydrogen-bond donors (Lipinski definition) is 1. The molecule has 0 aliphatic heterocycles. The maximum absolute atomic E-state index is 9.59. The fourth-order valence-corrected chi connectivity index (χ4v) is 4.30. The van der Waals surface area contributed by atoms with Crippen LogP contribution < -0.4 is 0 Å². The average molecular weight is 454 g/mol. The monoisotopic (exact) mass is 453 g/mol. The van der Waals surface area contributed by atoms with Gasteiger partial charge in [-0.15, -0.1) is 0 Å². The molecule has 0 radical (unpaired) electrons. The van der Waals surface area contributed by atoms with Crippen LogP contribution in [0.1, 0.15) is 50.5 Å². The van der Waals surface area contributed by atoms with Gasteiger partial charge in [0.25, 0.3) is 0 Å². The summed E-state index contributed by atoms with van der Waals surface area (Å²) in [6.07, 6.45) is 10.6. The molecule has 0 bridgehead atoms. The number of pyridine rings is 1. The molecule has 34 heavy (non-hydrogen) atoms. The fourth-order valence-electron chi connectivity index (χ4n) is 4.30. The van der Waals surface area contributed by atoms with Crippen LogP contribution in [0.4, 0.5) is 0 Å². The summed E-state index contributed by atoms with van der Waals surface area (Å²) in [4.78, 5) is 22.2. The third-order valence-corrected chi connectivity index (χ3v) is 6.27. The number of methoxy groups -OCH3 is 1. The van der Waals surface area contributed by atoms with Crippen molar-refractivity contribution >= 4 is 5.97 Å². The van der Waals surface area contributed by atoms with Crippen molar-refractivity contribution in [2.24, 2.45) is 0 Å². The second kappa shape index (κ2) is 11.4. The van der Waals surface area contributed by atoms with E-state index in [0.717, 1.165) is 34.3 Å². The van der Waals surface area contributed by atoms with Crippen LogP contribution in [0.5, 0.6) is 0 Å². The minimum Gasteiger partial charge on any atom is -0.469 e. The first-order valence-corrected chi connectivity index (χ1v) is 11.9. The molecular formula is C29H31N3O2. The van der Waals surface area contributed by atoms with Crippen LogP contribution in [-0.4, -0.2) is 28.0 Å². The van der Waals surface area contributed by atoms with Crippen LogP contribution in [0.3, 0.4) is 0 Å². The fraction of sp³-hybridized carbons (Fsp3) is 0.276. The van der Waals surface area contributed by atoms with Gasteiger partial charge in [-0.05, 0) is 42.0 Å². The normalized spacial score (nSPS) is 13.6. The number of aromatic nitrogens is 3. The van der Waals surface area contributed by atoms with E-state index in [2.05, 4.69) is 68.2 Å². The Bertz CT molecular complexity index is 1180. The van der Waals surface area contributed by atoms with E-state index >= 15 is 0 Å². The largest absolute Gasteiger partial charge is 0.469 e. The lowest BCUT2D eigenvalue weighted by atomic mass is 9.84. The number of carbonyl (C=O) groups is 1. The molecule has 5 nitrogen and oxygen atoms in total. The van der Waals surface area contributed by atoms with Crippen LogP contribution in [0.2, 0.25) is 0 Å². The van der Waals surface area contributed by atoms with Crippen molar-refractivity contribution < 1.29 is 9.53 Å². The summed E-state index contributed by atoms with van der Waals surface area (Å²) in [7, 11) is 1.35. The average Bonchev–Trinajstić information content (AvgIpc) is 3.41. The minimum absolute atomic E-state index is 0.245. The Morgan fingerprint density at radius 1 is 0.824 bits per heavy atom. The molecule has 1 N–H and O–H groups in total. The van der Waals surface area contributed by atoms with Gasteiger partial charge >= 0.3 is 5.97 Å². The Kier molecular flexibility index (Phi) is 7.87. The predicted octanol–water partition coefficient (Wildman–Crippen LogP) is 7.03. The van der Waals surface area contributed by atoms with E-state index in [1.54, 1.807) is 0 Å². The first-order chi connectivity index (χ1) is 16.6. The molecule has 0 spiro atoms. The van der Waals surface area contributed by atoms with Gasteiger partial charge in [0, 0.05) is 24.2 Å². The standard InChI is InChI=1S/C26H25N3.C3H6O2/c1-3-7-19(8-4-1)20-11-13-22(14-12-20)24-16-15-23(17-27-24)26-28-18-25(29-26)21-9-5-2-6-10-21;1-3(4)5-2/h2,5-6,9-19H,1,3-4,7-8H2,(H,28,29);1-2H3. The van der Waals surface area contributed by atoms with Gasteiger partial charge in [-0.2, -0.15) is 0 Å². The molecule has 2 aromatic carbocycles. The number of benzene rings is 2. The van der Waals surface area contributed by atoms with Crippen LogP contribution in [0.15, 0.2) is 79.1 Å². The third-order valence-electron chi connectivity index (χ3n) is 6.27. The summed E-state index contributed by atoms with van der Waals surface area (Å²) in [5.41, 5.74) is 6.79. The van der Waals surface area contributed by atoms with Crippen molar-refractivity contribution in [2.45, 2.75) is 44.9 Å². The Hall–Kier alpha value is -3.73. The predicted molar refractivity (Wildman–Crippen MR) is 136 cm³/mol. The summed E-state index contributed by atoms with van der Waals surface area (Å²) >= 11 is 0. The highest BCUT2D eigenvalue weighted by Crippen LogP contribution is 2.33. The van der Waals surface area contributed by atoms with Gasteiger partial charge < -0.3 is 9.72 Å². The number of nitrogens with one attached hydrogen (secondary N) is 1. The molecule has 174 valence electrons. The molecule has 0 unspecified atom stereocenters. The van der Waals surface area contributed by atoms with Crippen LogP contribution >= 0.6 is 0 Å². The van der Waals surface area contributed by atoms with E-state index in [1.165, 1.54) is 57.3 Å². The first kappa shape index (κ1) is 23.4. The molecule has 1 aliphatic rings. The van der Waals surface area contributed by atoms with Gasteiger partial charge in [-0.25, -0.2) is 4.98 Å². The molecule has 0 saturated heterocycles. The van der Waals surface area contributed by atoms with E-state index in [4.69, 9.17) is 0 Å². The van der Waals surface area contributed by atoms with E-state index < -0.39 is 0 Å². The molecule has 5 heteroatoms. The zero-order valence-corrected chi connectivity index (χ0v) is 19.8. The number of carbonyl (C=O) groups excluding carboxylic acids is 1. The Labute approximate surface area is 201 Å². The molecule has 5 rings (SSSR count). The Morgan fingerprint density at radius 3 is 2.12 bits per heavy atom. The highest BCUT2D eigenvalue weighted by atomic mass is 16.5. The van der Waals surface area contributed by atoms with Gasteiger partial charge in [-0.1, -0.05) is 73.9 Å². The number of imidazole rings is 1. The molecule has 4 aromatic rings. The van der Waals surface area contributed by atoms with E-state index in [1.807, 2.05) is 30.6 Å². The number of hydrogen-bond acceptors (Lipinski definition) is 4. The van der Waals surface area contributed by atoms with Crippen molar-refractivity contribution in [1.82, 2.24) is 15.0 Å². The second-order valence-corrected chi connectivity index (χ2v) is 8.60. The summed E-state index contributed by atoms with van der Waals surface area (Å²) in [6.45, 7) is 1.36. The molecule has 2 aromatic heterocycles. The van der Waals surface area contributed by atoms with Gasteiger partial charge in [0.1, 0.15) is 5.82 Å². The maximum atomic E-state index is 9.59. The highest BCUT2D eigenvalue weighted by Gasteiger charge is 2.15. The zero-order chi connectivity index (χ0) is 23.8. The van der Waals surface area contributed by atoms with E-state index in [-0.39, 0.29) is 5.97 Å². The Morgan fingerprint density at radius 2 is 1.50 bits per heavy atom. The van der Waals surface area contributed by atoms with Crippen LogP contribution in [0, 0.1) is 0 Å². The number of H-pyrrole nitrogens is 1. The minimum atomic E-state index is -0.245. The summed E-state index contributed by atoms with van der Waals surface area (Å²) < 4.78 is 4.11. The highest BCUT2D eigenvalue weighted by molar-refractivity contribution is 5.67. The van der Waals surface area contributed by atoms with Crippen molar-refractivity contribution in [3.63, 3.8) is 0 Å². The number of rotatable bonds is 4. The first-order valence-electron chi connectivity index (χ1n) is 11.9. The van der Waals surface area contributed by atoms with E-state index in [9.17, 15) is 4.79 Å². The van der Waals surface area contributed by atoms with Crippen molar-refractivity contribution in [3.05, 3.63) is 84.7 Å². The third kappa shape index (κ3) is 5.98.